The third-order valence-corrected chi connectivity index (χ3v) is 2.70. The zero-order chi connectivity index (χ0) is 12.0. The molecular weight excluding hydrogens is 194 g/mol. The molecule has 0 aliphatic heterocycles. The van der Waals surface area contributed by atoms with Gasteiger partial charge in [0.25, 0.3) is 0 Å². The highest BCUT2D eigenvalue weighted by Crippen LogP contribution is 2.11. The van der Waals surface area contributed by atoms with Gasteiger partial charge in [0.2, 0.25) is 0 Å². The van der Waals surface area contributed by atoms with E-state index >= 15 is 0 Å². The van der Waals surface area contributed by atoms with E-state index in [2.05, 4.69) is 63.4 Å². The average molecular weight is 217 g/mol. The molecule has 0 fully saturated rings. The van der Waals surface area contributed by atoms with Gasteiger partial charge in [-0.1, -0.05) is 42.8 Å². The van der Waals surface area contributed by atoms with Gasteiger partial charge in [0.1, 0.15) is 0 Å². The summed E-state index contributed by atoms with van der Waals surface area (Å²) in [7, 11) is 0. The van der Waals surface area contributed by atoms with Crippen LogP contribution in [0.4, 0.5) is 0 Å². The fraction of sp³-hybridized carbons (Fsp3) is 0.467. The molecule has 88 valence electrons. The summed E-state index contributed by atoms with van der Waals surface area (Å²) in [5.41, 5.74) is 4.19. The third kappa shape index (κ3) is 4.19. The molecule has 1 unspecified atom stereocenters. The predicted molar refractivity (Wildman–Crippen MR) is 71.8 cm³/mol. The molecule has 0 radical (unpaired) electrons. The lowest BCUT2D eigenvalue weighted by Crippen LogP contribution is -2.29. The highest BCUT2D eigenvalue weighted by Gasteiger charge is 2.06. The van der Waals surface area contributed by atoms with E-state index in [1.807, 2.05) is 0 Å². The number of hydrogen-bond acceptors (Lipinski definition) is 1. The van der Waals surface area contributed by atoms with Gasteiger partial charge in [-0.3, -0.25) is 0 Å². The lowest BCUT2D eigenvalue weighted by molar-refractivity contribution is 0.608. The van der Waals surface area contributed by atoms with Crippen LogP contribution in [0.1, 0.15) is 31.9 Å². The molecule has 0 saturated carbocycles. The maximum absolute atomic E-state index is 3.51. The number of aryl methyl sites for hydroxylation is 1. The molecule has 1 rings (SSSR count). The summed E-state index contributed by atoms with van der Waals surface area (Å²) in [6, 6.07) is 9.07. The van der Waals surface area contributed by atoms with Gasteiger partial charge in [0, 0.05) is 6.04 Å². The molecule has 1 heteroatoms. The molecule has 1 N–H and O–H groups in total. The van der Waals surface area contributed by atoms with Gasteiger partial charge in [-0.2, -0.15) is 0 Å². The second-order valence-corrected chi connectivity index (χ2v) is 4.54. The molecule has 1 aromatic carbocycles. The van der Waals surface area contributed by atoms with Crippen molar-refractivity contribution in [1.29, 1.82) is 0 Å². The highest BCUT2D eigenvalue weighted by atomic mass is 14.9. The van der Waals surface area contributed by atoms with Crippen molar-refractivity contribution >= 4 is 0 Å². The fourth-order valence-corrected chi connectivity index (χ4v) is 1.93. The van der Waals surface area contributed by atoms with E-state index in [9.17, 15) is 0 Å². The van der Waals surface area contributed by atoms with Crippen LogP contribution in [0.3, 0.4) is 0 Å². The van der Waals surface area contributed by atoms with Gasteiger partial charge in [0.15, 0.2) is 0 Å². The molecule has 0 spiro atoms. The Kier molecular flexibility index (Phi) is 5.27. The number of hydrogen-bond donors (Lipinski definition) is 1. The minimum atomic E-state index is 0.455. The molecule has 1 atom stereocenters. The topological polar surface area (TPSA) is 12.0 Å². The maximum Gasteiger partial charge on any atom is 0.0292 e. The lowest BCUT2D eigenvalue weighted by atomic mass is 10.00. The van der Waals surface area contributed by atoms with Gasteiger partial charge in [-0.15, -0.1) is 0 Å². The van der Waals surface area contributed by atoms with Crippen molar-refractivity contribution in [2.75, 3.05) is 6.54 Å². The van der Waals surface area contributed by atoms with Crippen LogP contribution in [0.5, 0.6) is 0 Å². The Morgan fingerprint density at radius 1 is 1.31 bits per heavy atom. The molecule has 0 aliphatic carbocycles. The van der Waals surface area contributed by atoms with Crippen molar-refractivity contribution in [2.24, 2.45) is 0 Å². The minimum Gasteiger partial charge on any atom is -0.310 e. The second-order valence-electron chi connectivity index (χ2n) is 4.54. The number of benzene rings is 1. The van der Waals surface area contributed by atoms with E-state index in [1.54, 1.807) is 0 Å². The Morgan fingerprint density at radius 2 is 2.00 bits per heavy atom. The lowest BCUT2D eigenvalue weighted by Gasteiger charge is -2.16. The van der Waals surface area contributed by atoms with Gasteiger partial charge in [-0.05, 0) is 44.9 Å². The molecule has 1 aromatic rings. The standard InChI is InChI=1S/C15H23N/c1-5-16-15(10-12(2)3)11-14-9-7-6-8-13(14)4/h6-10,15-16H,5,11H2,1-4H3. The van der Waals surface area contributed by atoms with E-state index in [0.717, 1.165) is 13.0 Å². The van der Waals surface area contributed by atoms with Crippen molar-refractivity contribution in [1.82, 2.24) is 5.32 Å². The van der Waals surface area contributed by atoms with E-state index in [1.165, 1.54) is 16.7 Å². The average Bonchev–Trinajstić information content (AvgIpc) is 2.21. The Bertz CT molecular complexity index is 348. The molecule has 0 aromatic heterocycles. The van der Waals surface area contributed by atoms with Crippen LogP contribution in [-0.2, 0) is 6.42 Å². The van der Waals surface area contributed by atoms with Crippen molar-refractivity contribution in [3.05, 3.63) is 47.0 Å². The molecule has 1 nitrogen and oxygen atoms in total. The SMILES string of the molecule is CCNC(C=C(C)C)Cc1ccccc1C. The van der Waals surface area contributed by atoms with Gasteiger partial charge in [-0.25, -0.2) is 0 Å². The summed E-state index contributed by atoms with van der Waals surface area (Å²) >= 11 is 0. The molecule has 0 heterocycles. The van der Waals surface area contributed by atoms with E-state index in [0.29, 0.717) is 6.04 Å². The van der Waals surface area contributed by atoms with Crippen molar-refractivity contribution in [3.63, 3.8) is 0 Å². The smallest absolute Gasteiger partial charge is 0.0292 e. The largest absolute Gasteiger partial charge is 0.310 e. The molecule has 0 bridgehead atoms. The predicted octanol–water partition coefficient (Wildman–Crippen LogP) is 3.48. The third-order valence-electron chi connectivity index (χ3n) is 2.70. The second kappa shape index (κ2) is 6.49. The van der Waals surface area contributed by atoms with Crippen LogP contribution in [0, 0.1) is 6.92 Å². The monoisotopic (exact) mass is 217 g/mol. The summed E-state index contributed by atoms with van der Waals surface area (Å²) in [6.07, 6.45) is 3.39. The van der Waals surface area contributed by atoms with Gasteiger partial charge in [0.05, 0.1) is 0 Å². The van der Waals surface area contributed by atoms with Gasteiger partial charge >= 0.3 is 0 Å². The molecule has 16 heavy (non-hydrogen) atoms. The molecular formula is C15H23N. The first-order chi connectivity index (χ1) is 7.63. The Morgan fingerprint density at radius 3 is 2.56 bits per heavy atom. The fourth-order valence-electron chi connectivity index (χ4n) is 1.93. The first-order valence-electron chi connectivity index (χ1n) is 6.06. The van der Waals surface area contributed by atoms with E-state index < -0.39 is 0 Å². The van der Waals surface area contributed by atoms with Gasteiger partial charge < -0.3 is 5.32 Å². The van der Waals surface area contributed by atoms with Crippen LogP contribution in [0.25, 0.3) is 0 Å². The molecule has 0 saturated heterocycles. The van der Waals surface area contributed by atoms with Crippen molar-refractivity contribution in [2.45, 2.75) is 40.2 Å². The summed E-state index contributed by atoms with van der Waals surface area (Å²) < 4.78 is 0. The van der Waals surface area contributed by atoms with Crippen molar-refractivity contribution in [3.8, 4) is 0 Å². The van der Waals surface area contributed by atoms with Crippen LogP contribution >= 0.6 is 0 Å². The number of nitrogens with one attached hydrogen (secondary N) is 1. The van der Waals surface area contributed by atoms with E-state index in [-0.39, 0.29) is 0 Å². The molecule has 0 aliphatic rings. The highest BCUT2D eigenvalue weighted by molar-refractivity contribution is 5.27. The molecule has 0 amide bonds. The van der Waals surface area contributed by atoms with Crippen molar-refractivity contribution < 1.29 is 0 Å². The number of rotatable bonds is 5. The minimum absolute atomic E-state index is 0.455. The quantitative estimate of drug-likeness (QED) is 0.745. The van der Waals surface area contributed by atoms with Crippen LogP contribution < -0.4 is 5.32 Å². The Hall–Kier alpha value is -1.08. The Labute approximate surface area is 99.6 Å². The van der Waals surface area contributed by atoms with Crippen LogP contribution in [-0.4, -0.2) is 12.6 Å². The first kappa shape index (κ1) is 13.0. The van der Waals surface area contributed by atoms with Crippen LogP contribution in [0.2, 0.25) is 0 Å². The summed E-state index contributed by atoms with van der Waals surface area (Å²) in [5, 5.41) is 3.51. The zero-order valence-corrected chi connectivity index (χ0v) is 10.9. The first-order valence-corrected chi connectivity index (χ1v) is 6.06. The normalized spacial score (nSPS) is 12.2. The summed E-state index contributed by atoms with van der Waals surface area (Å²) in [4.78, 5) is 0. The zero-order valence-electron chi connectivity index (χ0n) is 10.9. The van der Waals surface area contributed by atoms with E-state index in [4.69, 9.17) is 0 Å². The summed E-state index contributed by atoms with van der Waals surface area (Å²) in [5.74, 6) is 0. The maximum atomic E-state index is 3.51. The Balaban J connectivity index is 2.75. The summed E-state index contributed by atoms with van der Waals surface area (Å²) in [6.45, 7) is 9.66. The van der Waals surface area contributed by atoms with Crippen LogP contribution in [0.15, 0.2) is 35.9 Å². The number of allylic oxidation sites excluding steroid dienone is 1. The number of likely N-dealkylation sites (N-methyl/N-ethyl adjacent to an activating group) is 1.